The maximum Gasteiger partial charge on any atom is 0.408 e. The quantitative estimate of drug-likeness (QED) is 0.445. The zero-order valence-electron chi connectivity index (χ0n) is 19.7. The van der Waals surface area contributed by atoms with Crippen LogP contribution in [-0.4, -0.2) is 41.8 Å². The lowest BCUT2D eigenvalue weighted by Gasteiger charge is -2.24. The van der Waals surface area contributed by atoms with E-state index in [4.69, 9.17) is 4.74 Å². The lowest BCUT2D eigenvalue weighted by molar-refractivity contribution is -0.131. The van der Waals surface area contributed by atoms with Crippen LogP contribution in [-0.2, 0) is 32.1 Å². The van der Waals surface area contributed by atoms with Crippen LogP contribution >= 0.6 is 0 Å². The van der Waals surface area contributed by atoms with Crippen molar-refractivity contribution < 1.29 is 23.9 Å². The molecule has 181 valence electrons. The van der Waals surface area contributed by atoms with Crippen LogP contribution < -0.4 is 16.0 Å². The van der Waals surface area contributed by atoms with Crippen molar-refractivity contribution in [1.82, 2.24) is 16.0 Å². The van der Waals surface area contributed by atoms with Gasteiger partial charge in [-0.25, -0.2) is 4.79 Å². The summed E-state index contributed by atoms with van der Waals surface area (Å²) in [6.45, 7) is 4.80. The molecular weight excluding hydrogens is 434 g/mol. The Labute approximate surface area is 200 Å². The molecule has 34 heavy (non-hydrogen) atoms. The Morgan fingerprint density at radius 3 is 1.94 bits per heavy atom. The summed E-state index contributed by atoms with van der Waals surface area (Å²) in [6.07, 6.45) is 1.48. The third-order valence-electron chi connectivity index (χ3n) is 5.18. The maximum absolute atomic E-state index is 13.0. The van der Waals surface area contributed by atoms with Gasteiger partial charge in [0.1, 0.15) is 18.7 Å². The number of Topliss-reactive ketones (excluding diaryl/α,β-unsaturated/α-hetero) is 1. The maximum atomic E-state index is 13.0. The number of carbonyl (C=O) groups excluding carboxylic acids is 4. The van der Waals surface area contributed by atoms with Crippen molar-refractivity contribution in [3.05, 3.63) is 78.2 Å². The molecule has 0 fully saturated rings. The van der Waals surface area contributed by atoms with Gasteiger partial charge in [0.2, 0.25) is 11.8 Å². The molecule has 3 amide bonds. The lowest BCUT2D eigenvalue weighted by Crippen LogP contribution is -2.56. The van der Waals surface area contributed by atoms with Gasteiger partial charge in [-0.2, -0.15) is 0 Å². The van der Waals surface area contributed by atoms with Crippen molar-refractivity contribution >= 4 is 23.7 Å². The number of carbonyl (C=O) groups is 4. The minimum atomic E-state index is -0.932. The summed E-state index contributed by atoms with van der Waals surface area (Å²) in [5.74, 6) is -1.20. The van der Waals surface area contributed by atoms with Crippen LogP contribution in [0.15, 0.2) is 60.7 Å². The van der Waals surface area contributed by atoms with Crippen LogP contribution in [0.3, 0.4) is 0 Å². The summed E-state index contributed by atoms with van der Waals surface area (Å²) in [4.78, 5) is 49.8. The second kappa shape index (κ2) is 13.8. The second-order valence-electron chi connectivity index (χ2n) is 7.99. The number of amides is 3. The Morgan fingerprint density at radius 1 is 0.824 bits per heavy atom. The molecule has 0 saturated carbocycles. The van der Waals surface area contributed by atoms with Gasteiger partial charge in [0, 0.05) is 6.42 Å². The molecule has 3 unspecified atom stereocenters. The molecule has 3 atom stereocenters. The molecule has 3 N–H and O–H groups in total. The fourth-order valence-electron chi connectivity index (χ4n) is 3.12. The number of rotatable bonds is 12. The van der Waals surface area contributed by atoms with Crippen LogP contribution in [0.5, 0.6) is 0 Å². The smallest absolute Gasteiger partial charge is 0.408 e. The Bertz CT molecular complexity index is 949. The summed E-state index contributed by atoms with van der Waals surface area (Å²) in [5.41, 5.74) is 1.66. The van der Waals surface area contributed by atoms with Crippen molar-refractivity contribution in [2.24, 2.45) is 0 Å². The van der Waals surface area contributed by atoms with E-state index in [1.54, 1.807) is 20.3 Å². The predicted molar refractivity (Wildman–Crippen MR) is 129 cm³/mol. The standard InChI is InChI=1S/C26H32N3O5/c1-4-11-22(29-26(33)34-17-21-14-9-6-10-15-21)24(31)28-23(16-20-12-7-5-8-13-20)25(32)27-18(2)19(3)30/h4-10,12-15,18,22-23H,11,16-17H2,1-3H3,(H,27,32)(H,28,31)(H,29,33). The number of nitrogens with one attached hydrogen (secondary N) is 3. The molecule has 8 heteroatoms. The van der Waals surface area contributed by atoms with Crippen molar-refractivity contribution in [3.63, 3.8) is 0 Å². The van der Waals surface area contributed by atoms with Crippen LogP contribution in [0.2, 0.25) is 0 Å². The number of hydrogen-bond donors (Lipinski definition) is 3. The summed E-state index contributed by atoms with van der Waals surface area (Å²) >= 11 is 0. The Balaban J connectivity index is 2.06. The Kier molecular flexibility index (Phi) is 10.8. The highest BCUT2D eigenvalue weighted by Crippen LogP contribution is 2.07. The number of benzene rings is 2. The van der Waals surface area contributed by atoms with Crippen LogP contribution in [0.4, 0.5) is 4.79 Å². The summed E-state index contributed by atoms with van der Waals surface area (Å²) in [5, 5.41) is 7.92. The first-order chi connectivity index (χ1) is 16.3. The average Bonchev–Trinajstić information content (AvgIpc) is 2.83. The van der Waals surface area contributed by atoms with Crippen molar-refractivity contribution in [1.29, 1.82) is 0 Å². The first kappa shape index (κ1) is 26.6. The summed E-state index contributed by atoms with van der Waals surface area (Å²) in [7, 11) is 0. The highest BCUT2D eigenvalue weighted by molar-refractivity contribution is 5.93. The molecule has 0 saturated heterocycles. The van der Waals surface area contributed by atoms with E-state index in [2.05, 4.69) is 16.0 Å². The zero-order chi connectivity index (χ0) is 24.9. The summed E-state index contributed by atoms with van der Waals surface area (Å²) in [6, 6.07) is 15.9. The van der Waals surface area contributed by atoms with E-state index in [0.717, 1.165) is 11.1 Å². The second-order valence-corrected chi connectivity index (χ2v) is 7.99. The topological polar surface area (TPSA) is 114 Å². The molecule has 2 aromatic rings. The van der Waals surface area contributed by atoms with Crippen LogP contribution in [0.25, 0.3) is 0 Å². The minimum absolute atomic E-state index is 0.0683. The molecule has 0 spiro atoms. The van der Waals surface area contributed by atoms with E-state index in [-0.39, 0.29) is 25.2 Å². The van der Waals surface area contributed by atoms with E-state index in [1.807, 2.05) is 60.7 Å². The first-order valence-corrected chi connectivity index (χ1v) is 11.2. The third kappa shape index (κ3) is 9.05. The third-order valence-corrected chi connectivity index (χ3v) is 5.18. The molecule has 2 aromatic carbocycles. The fraction of sp³-hybridized carbons (Fsp3) is 0.346. The van der Waals surface area contributed by atoms with Crippen molar-refractivity contribution in [2.45, 2.75) is 58.3 Å². The highest BCUT2D eigenvalue weighted by atomic mass is 16.5. The molecule has 0 aromatic heterocycles. The molecule has 0 aliphatic heterocycles. The minimum Gasteiger partial charge on any atom is -0.445 e. The number of ketones is 1. The van der Waals surface area contributed by atoms with Crippen LogP contribution in [0, 0.1) is 6.42 Å². The average molecular weight is 467 g/mol. The SMILES string of the molecule is C[CH]CC(NC(=O)OCc1ccccc1)C(=O)NC(Cc1ccccc1)C(=O)NC(C)C(C)=O. The van der Waals surface area contributed by atoms with Gasteiger partial charge >= 0.3 is 6.09 Å². The molecule has 1 radical (unpaired) electrons. The van der Waals surface area contributed by atoms with E-state index in [0.29, 0.717) is 0 Å². The Morgan fingerprint density at radius 2 is 1.38 bits per heavy atom. The largest absolute Gasteiger partial charge is 0.445 e. The van der Waals surface area contributed by atoms with E-state index in [1.165, 1.54) is 6.92 Å². The van der Waals surface area contributed by atoms with Gasteiger partial charge in [-0.3, -0.25) is 14.4 Å². The van der Waals surface area contributed by atoms with Gasteiger partial charge in [-0.1, -0.05) is 67.6 Å². The monoisotopic (exact) mass is 466 g/mol. The van der Waals surface area contributed by atoms with Crippen molar-refractivity contribution in [2.75, 3.05) is 0 Å². The molecule has 2 rings (SSSR count). The molecule has 0 heterocycles. The fourth-order valence-corrected chi connectivity index (χ4v) is 3.12. The van der Waals surface area contributed by atoms with Gasteiger partial charge in [-0.15, -0.1) is 0 Å². The van der Waals surface area contributed by atoms with E-state index >= 15 is 0 Å². The molecule has 0 aliphatic rings. The first-order valence-electron chi connectivity index (χ1n) is 11.2. The van der Waals surface area contributed by atoms with Crippen molar-refractivity contribution in [3.8, 4) is 0 Å². The van der Waals surface area contributed by atoms with E-state index < -0.39 is 36.0 Å². The van der Waals surface area contributed by atoms with Gasteiger partial charge in [0.25, 0.3) is 0 Å². The van der Waals surface area contributed by atoms with Gasteiger partial charge in [0.15, 0.2) is 5.78 Å². The highest BCUT2D eigenvalue weighted by Gasteiger charge is 2.28. The molecule has 8 nitrogen and oxygen atoms in total. The number of alkyl carbamates (subject to hydrolysis) is 1. The molecule has 0 bridgehead atoms. The van der Waals surface area contributed by atoms with Gasteiger partial charge in [0.05, 0.1) is 6.04 Å². The van der Waals surface area contributed by atoms with E-state index in [9.17, 15) is 19.2 Å². The number of hydrogen-bond acceptors (Lipinski definition) is 5. The lowest BCUT2D eigenvalue weighted by atomic mass is 10.0. The predicted octanol–water partition coefficient (Wildman–Crippen LogP) is 2.72. The van der Waals surface area contributed by atoms with Gasteiger partial charge in [-0.05, 0) is 37.8 Å². The normalized spacial score (nSPS) is 13.1. The molecule has 0 aliphatic carbocycles. The van der Waals surface area contributed by atoms with Crippen LogP contribution in [0.1, 0.15) is 38.3 Å². The zero-order valence-corrected chi connectivity index (χ0v) is 19.7. The summed E-state index contributed by atoms with van der Waals surface area (Å²) < 4.78 is 5.22. The number of ether oxygens (including phenoxy) is 1. The van der Waals surface area contributed by atoms with Gasteiger partial charge < -0.3 is 20.7 Å². The Hall–Kier alpha value is -3.68. The molecular formula is C26H32N3O5.